The number of benzene rings is 2. The molecule has 2 aliphatic rings. The van der Waals surface area contributed by atoms with Crippen LogP contribution in [-0.4, -0.2) is 42.5 Å². The average molecular weight is 384 g/mol. The van der Waals surface area contributed by atoms with E-state index in [4.69, 9.17) is 9.47 Å². The van der Waals surface area contributed by atoms with Crippen LogP contribution in [0.2, 0.25) is 0 Å². The highest BCUT2D eigenvalue weighted by molar-refractivity contribution is 6.06. The second kappa shape index (κ2) is 7.88. The Bertz CT molecular complexity index is 902. The molecule has 1 unspecified atom stereocenters. The molecule has 0 saturated carbocycles. The Hall–Kier alpha value is -3.09. The molecule has 2 heterocycles. The van der Waals surface area contributed by atoms with E-state index in [2.05, 4.69) is 5.32 Å². The number of anilines is 1. The van der Waals surface area contributed by atoms with Crippen molar-refractivity contribution in [1.82, 2.24) is 4.90 Å². The van der Waals surface area contributed by atoms with Crippen LogP contribution < -0.4 is 14.8 Å². The summed E-state index contributed by atoms with van der Waals surface area (Å²) in [7, 11) is 0. The lowest BCUT2D eigenvalue weighted by atomic mass is 10.1. The second-order valence-electron chi connectivity index (χ2n) is 6.84. The van der Waals surface area contributed by atoms with Gasteiger partial charge in [-0.15, -0.1) is 0 Å². The summed E-state index contributed by atoms with van der Waals surface area (Å²) in [5, 5.41) is 3.11. The first-order valence-corrected chi connectivity index (χ1v) is 9.35. The van der Waals surface area contributed by atoms with Gasteiger partial charge in [0.25, 0.3) is 5.91 Å². The first-order chi connectivity index (χ1) is 13.6. The quantitative estimate of drug-likeness (QED) is 0.803. The Kier molecular flexibility index (Phi) is 5.14. The van der Waals surface area contributed by atoms with Crippen molar-refractivity contribution in [3.05, 3.63) is 53.8 Å². The van der Waals surface area contributed by atoms with E-state index in [9.17, 15) is 14.0 Å². The summed E-state index contributed by atoms with van der Waals surface area (Å²) in [6.45, 7) is 1.34. The van der Waals surface area contributed by atoms with Gasteiger partial charge in [0, 0.05) is 24.7 Å². The van der Waals surface area contributed by atoms with E-state index in [0.717, 1.165) is 6.42 Å². The van der Waals surface area contributed by atoms with Gasteiger partial charge < -0.3 is 14.8 Å². The number of rotatable bonds is 5. The fourth-order valence-corrected chi connectivity index (χ4v) is 3.42. The molecular formula is C21H21FN2O4. The largest absolute Gasteiger partial charge is 0.490 e. The van der Waals surface area contributed by atoms with Crippen LogP contribution >= 0.6 is 0 Å². The summed E-state index contributed by atoms with van der Waals surface area (Å²) in [5.41, 5.74) is 1.17. The molecular weight excluding hydrogens is 363 g/mol. The number of imide groups is 1. The molecule has 0 bridgehead atoms. The van der Waals surface area contributed by atoms with Crippen molar-refractivity contribution in [3.63, 3.8) is 0 Å². The van der Waals surface area contributed by atoms with E-state index in [1.54, 1.807) is 36.4 Å². The molecule has 7 heteroatoms. The molecule has 0 radical (unpaired) electrons. The standard InChI is InChI=1S/C21H21FN2O4/c22-16-5-2-1-4-14(16)8-9-24-20(25)13-17(21(24)26)23-15-6-7-18-19(12-15)28-11-3-10-27-18/h1-2,4-7,12,17,23H,3,8-11,13H2. The summed E-state index contributed by atoms with van der Waals surface area (Å²) >= 11 is 0. The van der Waals surface area contributed by atoms with E-state index < -0.39 is 6.04 Å². The van der Waals surface area contributed by atoms with Crippen LogP contribution in [-0.2, 0) is 16.0 Å². The van der Waals surface area contributed by atoms with Gasteiger partial charge in [-0.1, -0.05) is 18.2 Å². The molecule has 1 atom stereocenters. The molecule has 1 N–H and O–H groups in total. The first-order valence-electron chi connectivity index (χ1n) is 9.35. The molecule has 4 rings (SSSR count). The van der Waals surface area contributed by atoms with Crippen LogP contribution in [0.25, 0.3) is 0 Å². The third-order valence-corrected chi connectivity index (χ3v) is 4.89. The summed E-state index contributed by atoms with van der Waals surface area (Å²) < 4.78 is 25.0. The number of hydrogen-bond acceptors (Lipinski definition) is 5. The van der Waals surface area contributed by atoms with Gasteiger partial charge in [-0.3, -0.25) is 14.5 Å². The van der Waals surface area contributed by atoms with E-state index in [-0.39, 0.29) is 30.6 Å². The van der Waals surface area contributed by atoms with Crippen molar-refractivity contribution >= 4 is 17.5 Å². The van der Waals surface area contributed by atoms with Crippen LogP contribution in [0.1, 0.15) is 18.4 Å². The lowest BCUT2D eigenvalue weighted by molar-refractivity contribution is -0.138. The fourth-order valence-electron chi connectivity index (χ4n) is 3.42. The van der Waals surface area contributed by atoms with E-state index in [1.807, 2.05) is 0 Å². The van der Waals surface area contributed by atoms with Crippen LogP contribution in [0.15, 0.2) is 42.5 Å². The number of fused-ring (bicyclic) bond motifs is 1. The third kappa shape index (κ3) is 3.78. The van der Waals surface area contributed by atoms with Gasteiger partial charge in [-0.05, 0) is 30.2 Å². The van der Waals surface area contributed by atoms with Gasteiger partial charge in [-0.2, -0.15) is 0 Å². The highest BCUT2D eigenvalue weighted by atomic mass is 19.1. The maximum Gasteiger partial charge on any atom is 0.252 e. The van der Waals surface area contributed by atoms with Crippen molar-refractivity contribution in [2.24, 2.45) is 0 Å². The minimum Gasteiger partial charge on any atom is -0.490 e. The van der Waals surface area contributed by atoms with Crippen molar-refractivity contribution in [1.29, 1.82) is 0 Å². The van der Waals surface area contributed by atoms with Gasteiger partial charge in [0.15, 0.2) is 11.5 Å². The number of amides is 2. The molecule has 2 aliphatic heterocycles. The van der Waals surface area contributed by atoms with Crippen molar-refractivity contribution in [2.75, 3.05) is 25.1 Å². The highest BCUT2D eigenvalue weighted by Gasteiger charge is 2.38. The van der Waals surface area contributed by atoms with Crippen molar-refractivity contribution < 1.29 is 23.5 Å². The van der Waals surface area contributed by atoms with Gasteiger partial charge in [-0.25, -0.2) is 4.39 Å². The van der Waals surface area contributed by atoms with Crippen molar-refractivity contribution in [2.45, 2.75) is 25.3 Å². The lowest BCUT2D eigenvalue weighted by Crippen LogP contribution is -2.36. The molecule has 1 saturated heterocycles. The number of hydrogen-bond donors (Lipinski definition) is 1. The first kappa shape index (κ1) is 18.3. The second-order valence-corrected chi connectivity index (χ2v) is 6.84. The predicted molar refractivity (Wildman–Crippen MR) is 101 cm³/mol. The molecule has 146 valence electrons. The lowest BCUT2D eigenvalue weighted by Gasteiger charge is -2.17. The number of likely N-dealkylation sites (tertiary alicyclic amines) is 1. The van der Waals surface area contributed by atoms with Crippen LogP contribution in [0.3, 0.4) is 0 Å². The molecule has 28 heavy (non-hydrogen) atoms. The third-order valence-electron chi connectivity index (χ3n) is 4.89. The van der Waals surface area contributed by atoms with Crippen LogP contribution in [0.5, 0.6) is 11.5 Å². The van der Waals surface area contributed by atoms with Gasteiger partial charge >= 0.3 is 0 Å². The molecule has 0 spiro atoms. The average Bonchev–Trinajstić information content (AvgIpc) is 2.86. The Labute approximate surface area is 162 Å². The summed E-state index contributed by atoms with van der Waals surface area (Å²) in [5.74, 6) is 0.407. The maximum atomic E-state index is 13.8. The zero-order valence-corrected chi connectivity index (χ0v) is 15.3. The summed E-state index contributed by atoms with van der Waals surface area (Å²) in [6, 6.07) is 11.1. The van der Waals surface area contributed by atoms with Gasteiger partial charge in [0.2, 0.25) is 5.91 Å². The Morgan fingerprint density at radius 2 is 1.86 bits per heavy atom. The minimum atomic E-state index is -0.641. The van der Waals surface area contributed by atoms with Gasteiger partial charge in [0.1, 0.15) is 11.9 Å². The maximum absolute atomic E-state index is 13.8. The summed E-state index contributed by atoms with van der Waals surface area (Å²) in [4.78, 5) is 26.2. The molecule has 0 aliphatic carbocycles. The van der Waals surface area contributed by atoms with Crippen LogP contribution in [0.4, 0.5) is 10.1 Å². The van der Waals surface area contributed by atoms with Gasteiger partial charge in [0.05, 0.1) is 19.6 Å². The monoisotopic (exact) mass is 384 g/mol. The number of carbonyl (C=O) groups excluding carboxylic acids is 2. The zero-order valence-electron chi connectivity index (χ0n) is 15.3. The smallest absolute Gasteiger partial charge is 0.252 e. The van der Waals surface area contributed by atoms with Crippen LogP contribution in [0, 0.1) is 5.82 Å². The Balaban J connectivity index is 1.41. The number of nitrogens with one attached hydrogen (secondary N) is 1. The zero-order chi connectivity index (χ0) is 19.5. The van der Waals surface area contributed by atoms with E-state index >= 15 is 0 Å². The Morgan fingerprint density at radius 3 is 2.68 bits per heavy atom. The number of ether oxygens (including phenoxy) is 2. The molecule has 2 aromatic rings. The number of carbonyl (C=O) groups is 2. The topological polar surface area (TPSA) is 67.9 Å². The number of halogens is 1. The molecule has 2 amide bonds. The Morgan fingerprint density at radius 1 is 1.07 bits per heavy atom. The molecule has 1 fully saturated rings. The van der Waals surface area contributed by atoms with E-state index in [1.165, 1.54) is 11.0 Å². The van der Waals surface area contributed by atoms with E-state index in [0.29, 0.717) is 42.4 Å². The fraction of sp³-hybridized carbons (Fsp3) is 0.333. The normalized spacial score (nSPS) is 18.9. The predicted octanol–water partition coefficient (Wildman–Crippen LogP) is 2.77. The molecule has 2 aromatic carbocycles. The van der Waals surface area contributed by atoms with Crippen molar-refractivity contribution in [3.8, 4) is 11.5 Å². The minimum absolute atomic E-state index is 0.0740. The highest BCUT2D eigenvalue weighted by Crippen LogP contribution is 2.33. The summed E-state index contributed by atoms with van der Waals surface area (Å²) in [6.07, 6.45) is 1.18. The molecule has 0 aromatic heterocycles. The SMILES string of the molecule is O=C1CC(Nc2ccc3c(c2)OCCCO3)C(=O)N1CCc1ccccc1F. The number of nitrogens with zero attached hydrogens (tertiary/aromatic N) is 1. The molecule has 6 nitrogen and oxygen atoms in total.